The van der Waals surface area contributed by atoms with Crippen molar-refractivity contribution < 1.29 is 0 Å². The maximum absolute atomic E-state index is 2.45. The molecule has 0 nitrogen and oxygen atoms in total. The van der Waals surface area contributed by atoms with Gasteiger partial charge in [0.2, 0.25) is 0 Å². The van der Waals surface area contributed by atoms with Crippen molar-refractivity contribution in [3.8, 4) is 0 Å². The molecule has 0 aliphatic rings. The molecule has 0 aromatic carbocycles. The van der Waals surface area contributed by atoms with Crippen molar-refractivity contribution in [1.29, 1.82) is 0 Å². The lowest BCUT2D eigenvalue weighted by Gasteiger charge is -2.19. The molecule has 0 saturated carbocycles. The van der Waals surface area contributed by atoms with Crippen LogP contribution in [0.15, 0.2) is 0 Å². The molecule has 0 fully saturated rings. The Kier molecular flexibility index (Phi) is 5.02. The monoisotopic (exact) mass is 183 g/mol. The molecule has 0 N–H and O–H groups in total. The first-order chi connectivity index (χ1) is 5.71. The van der Waals surface area contributed by atoms with Crippen LogP contribution in [-0.2, 0) is 0 Å². The quantitative estimate of drug-likeness (QED) is 0.547. The molecule has 0 saturated heterocycles. The second-order valence-electron chi connectivity index (χ2n) is 6.49. The zero-order chi connectivity index (χ0) is 10.5. The average Bonchev–Trinajstić information content (AvgIpc) is 1.81. The van der Waals surface area contributed by atoms with Gasteiger partial charge >= 0.3 is 0 Å². The van der Waals surface area contributed by atoms with Crippen LogP contribution in [0.4, 0.5) is 0 Å². The van der Waals surface area contributed by atoms with Crippen molar-refractivity contribution in [3.63, 3.8) is 0 Å². The Bertz CT molecular complexity index is 104. The zero-order valence-electron chi connectivity index (χ0n) is 10.4. The van der Waals surface area contributed by atoms with Crippen molar-refractivity contribution in [1.82, 2.24) is 0 Å². The fourth-order valence-electron chi connectivity index (χ4n) is 1.21. The van der Waals surface area contributed by atoms with Gasteiger partial charge in [0.1, 0.15) is 0 Å². The maximum Gasteiger partial charge on any atom is -0.0383 e. The molecule has 0 atom stereocenters. The summed E-state index contributed by atoms with van der Waals surface area (Å²) in [7, 11) is 0. The highest BCUT2D eigenvalue weighted by Gasteiger charge is 2.11. The SMILES string of the molecule is CC(C)(C)CC[CH]CCC(C)(C)C. The normalized spacial score (nSPS) is 13.4. The first kappa shape index (κ1) is 13.0. The molecule has 0 bridgehead atoms. The highest BCUT2D eigenvalue weighted by molar-refractivity contribution is 4.73. The standard InChI is InChI=1S/C13H27/c1-12(2,3)10-8-7-9-11-13(4,5)6/h7H,8-11H2,1-6H3. The van der Waals surface area contributed by atoms with Gasteiger partial charge in [-0.15, -0.1) is 0 Å². The molecular formula is C13H27. The molecular weight excluding hydrogens is 156 g/mol. The van der Waals surface area contributed by atoms with Gasteiger partial charge in [-0.05, 0) is 42.9 Å². The van der Waals surface area contributed by atoms with E-state index < -0.39 is 0 Å². The van der Waals surface area contributed by atoms with Crippen LogP contribution in [-0.4, -0.2) is 0 Å². The van der Waals surface area contributed by atoms with Gasteiger partial charge in [-0.1, -0.05) is 41.5 Å². The minimum atomic E-state index is 0.498. The summed E-state index contributed by atoms with van der Waals surface area (Å²) < 4.78 is 0. The van der Waals surface area contributed by atoms with Gasteiger partial charge < -0.3 is 0 Å². The number of unbranched alkanes of at least 4 members (excludes halogenated alkanes) is 2. The Hall–Kier alpha value is 0. The van der Waals surface area contributed by atoms with Crippen LogP contribution in [0.2, 0.25) is 0 Å². The van der Waals surface area contributed by atoms with Crippen LogP contribution in [0.5, 0.6) is 0 Å². The molecule has 1 radical (unpaired) electrons. The smallest absolute Gasteiger partial charge is 0.0383 e. The fraction of sp³-hybridized carbons (Fsp3) is 0.923. The minimum absolute atomic E-state index is 0.498. The summed E-state index contributed by atoms with van der Waals surface area (Å²) in [5.41, 5.74) is 0.996. The third kappa shape index (κ3) is 12.0. The first-order valence-electron chi connectivity index (χ1n) is 5.52. The Morgan fingerprint density at radius 2 is 1.00 bits per heavy atom. The third-order valence-corrected chi connectivity index (χ3v) is 2.20. The van der Waals surface area contributed by atoms with Crippen LogP contribution in [0.1, 0.15) is 67.2 Å². The van der Waals surface area contributed by atoms with Crippen molar-refractivity contribution in [2.24, 2.45) is 10.8 Å². The highest BCUT2D eigenvalue weighted by Crippen LogP contribution is 2.25. The molecule has 0 aromatic heterocycles. The molecule has 0 rings (SSSR count). The lowest BCUT2D eigenvalue weighted by atomic mass is 9.86. The van der Waals surface area contributed by atoms with E-state index in [1.807, 2.05) is 0 Å². The summed E-state index contributed by atoms with van der Waals surface area (Å²) >= 11 is 0. The van der Waals surface area contributed by atoms with E-state index in [1.54, 1.807) is 0 Å². The van der Waals surface area contributed by atoms with Crippen LogP contribution >= 0.6 is 0 Å². The van der Waals surface area contributed by atoms with E-state index in [2.05, 4.69) is 48.0 Å². The Labute approximate surface area is 85.1 Å². The molecule has 0 amide bonds. The topological polar surface area (TPSA) is 0 Å². The summed E-state index contributed by atoms with van der Waals surface area (Å²) in [4.78, 5) is 0. The number of hydrogen-bond donors (Lipinski definition) is 0. The van der Waals surface area contributed by atoms with Gasteiger partial charge in [0.05, 0.1) is 0 Å². The van der Waals surface area contributed by atoms with Crippen LogP contribution in [0.3, 0.4) is 0 Å². The van der Waals surface area contributed by atoms with Crippen molar-refractivity contribution >= 4 is 0 Å². The molecule has 13 heavy (non-hydrogen) atoms. The van der Waals surface area contributed by atoms with Crippen LogP contribution in [0, 0.1) is 17.3 Å². The first-order valence-corrected chi connectivity index (χ1v) is 5.52. The summed E-state index contributed by atoms with van der Waals surface area (Å²) in [6.07, 6.45) is 7.64. The summed E-state index contributed by atoms with van der Waals surface area (Å²) in [5.74, 6) is 0. The van der Waals surface area contributed by atoms with E-state index in [4.69, 9.17) is 0 Å². The molecule has 0 aromatic rings. The van der Waals surface area contributed by atoms with E-state index in [0.717, 1.165) is 0 Å². The largest absolute Gasteiger partial charge is 0.0602 e. The second kappa shape index (κ2) is 5.02. The summed E-state index contributed by atoms with van der Waals surface area (Å²) in [6, 6.07) is 0. The Morgan fingerprint density at radius 1 is 0.692 bits per heavy atom. The van der Waals surface area contributed by atoms with E-state index >= 15 is 0 Å². The minimum Gasteiger partial charge on any atom is -0.0602 e. The number of hydrogen-bond acceptors (Lipinski definition) is 0. The average molecular weight is 183 g/mol. The van der Waals surface area contributed by atoms with Gasteiger partial charge in [0, 0.05) is 0 Å². The summed E-state index contributed by atoms with van der Waals surface area (Å²) in [6.45, 7) is 13.9. The third-order valence-electron chi connectivity index (χ3n) is 2.20. The predicted octanol–water partition coefficient (Wildman–Crippen LogP) is 4.84. The highest BCUT2D eigenvalue weighted by atomic mass is 14.2. The van der Waals surface area contributed by atoms with Crippen LogP contribution < -0.4 is 0 Å². The molecule has 79 valence electrons. The number of rotatable bonds is 4. The molecule has 0 unspecified atom stereocenters. The van der Waals surface area contributed by atoms with Gasteiger partial charge in [0.25, 0.3) is 0 Å². The lowest BCUT2D eigenvalue weighted by Crippen LogP contribution is -2.06. The van der Waals surface area contributed by atoms with E-state index in [1.165, 1.54) is 25.7 Å². The molecule has 0 aliphatic heterocycles. The molecule has 0 heterocycles. The van der Waals surface area contributed by atoms with Gasteiger partial charge in [-0.25, -0.2) is 0 Å². The van der Waals surface area contributed by atoms with Gasteiger partial charge in [0.15, 0.2) is 0 Å². The Balaban J connectivity index is 3.28. The van der Waals surface area contributed by atoms with Crippen molar-refractivity contribution in [2.45, 2.75) is 67.2 Å². The van der Waals surface area contributed by atoms with Crippen molar-refractivity contribution in [2.75, 3.05) is 0 Å². The predicted molar refractivity (Wildman–Crippen MR) is 61.7 cm³/mol. The van der Waals surface area contributed by atoms with Crippen LogP contribution in [0.25, 0.3) is 0 Å². The molecule has 0 heteroatoms. The fourth-order valence-corrected chi connectivity index (χ4v) is 1.21. The van der Waals surface area contributed by atoms with Gasteiger partial charge in [-0.3, -0.25) is 0 Å². The van der Waals surface area contributed by atoms with Crippen molar-refractivity contribution in [3.05, 3.63) is 6.42 Å². The molecule has 0 spiro atoms. The van der Waals surface area contributed by atoms with E-state index in [-0.39, 0.29) is 0 Å². The Morgan fingerprint density at radius 3 is 1.23 bits per heavy atom. The molecule has 0 aliphatic carbocycles. The maximum atomic E-state index is 2.45. The van der Waals surface area contributed by atoms with Gasteiger partial charge in [-0.2, -0.15) is 0 Å². The van der Waals surface area contributed by atoms with E-state index in [9.17, 15) is 0 Å². The lowest BCUT2D eigenvalue weighted by molar-refractivity contribution is 0.355. The van der Waals surface area contributed by atoms with E-state index in [0.29, 0.717) is 10.8 Å². The summed E-state index contributed by atoms with van der Waals surface area (Å²) in [5, 5.41) is 0. The zero-order valence-corrected chi connectivity index (χ0v) is 10.4. The second-order valence-corrected chi connectivity index (χ2v) is 6.49.